The quantitative estimate of drug-likeness (QED) is 0.414. The van der Waals surface area contributed by atoms with Crippen molar-refractivity contribution in [3.63, 3.8) is 0 Å². The molecule has 0 bridgehead atoms. The van der Waals surface area contributed by atoms with E-state index in [4.69, 9.17) is 46.4 Å². The number of carbonyl (C=O) groups is 2. The molecule has 3 amide bonds. The Morgan fingerprint density at radius 3 is 2.04 bits per heavy atom. The maximum Gasteiger partial charge on any atom is 0.327 e. The molecule has 2 aromatic rings. The molecule has 0 unspecified atom stereocenters. The summed E-state index contributed by atoms with van der Waals surface area (Å²) in [4.78, 5) is 28.1. The summed E-state index contributed by atoms with van der Waals surface area (Å²) in [6.07, 6.45) is 0. The van der Waals surface area contributed by atoms with Crippen molar-refractivity contribution in [2.75, 3.05) is 0 Å². The molecule has 25 heavy (non-hydrogen) atoms. The van der Waals surface area contributed by atoms with Crippen LogP contribution in [0.25, 0.3) is 0 Å². The minimum Gasteiger partial charge on any atom is -0.292 e. The van der Waals surface area contributed by atoms with Crippen LogP contribution in [0.15, 0.2) is 59.6 Å². The molecule has 0 saturated carbocycles. The topological polar surface area (TPSA) is 70.6 Å². The number of nitrogens with one attached hydrogen (secondary N) is 2. The Kier molecular flexibility index (Phi) is 6.67. The Balaban J connectivity index is 2.11. The van der Waals surface area contributed by atoms with Gasteiger partial charge in [-0.05, 0) is 36.4 Å². The summed E-state index contributed by atoms with van der Waals surface area (Å²) in [6.45, 7) is 0. The molecule has 2 rings (SSSR count). The number of halogens is 4. The molecular formula is C16H11Cl4N3O2. The van der Waals surface area contributed by atoms with Crippen molar-refractivity contribution in [2.45, 2.75) is 3.79 Å². The summed E-state index contributed by atoms with van der Waals surface area (Å²) in [7, 11) is 0. The lowest BCUT2D eigenvalue weighted by molar-refractivity contribution is 0.0965. The van der Waals surface area contributed by atoms with Gasteiger partial charge in [-0.1, -0.05) is 64.6 Å². The molecule has 2 N–H and O–H groups in total. The van der Waals surface area contributed by atoms with Crippen LogP contribution in [0.5, 0.6) is 0 Å². The van der Waals surface area contributed by atoms with Crippen molar-refractivity contribution < 1.29 is 9.59 Å². The first-order valence-corrected chi connectivity index (χ1v) is 8.36. The SMILES string of the molecule is O=C(NC(=O)c1ccc(Cl)cc1)NC(=Nc1ccccc1)C(Cl)(Cl)Cl. The van der Waals surface area contributed by atoms with E-state index in [-0.39, 0.29) is 11.4 Å². The number of nitrogens with zero attached hydrogens (tertiary/aromatic N) is 1. The van der Waals surface area contributed by atoms with Crippen molar-refractivity contribution in [1.29, 1.82) is 0 Å². The Morgan fingerprint density at radius 1 is 0.880 bits per heavy atom. The average Bonchev–Trinajstić information content (AvgIpc) is 2.55. The van der Waals surface area contributed by atoms with Crippen molar-refractivity contribution >= 4 is 69.9 Å². The number of urea groups is 1. The van der Waals surface area contributed by atoms with Gasteiger partial charge in [0.2, 0.25) is 3.79 Å². The van der Waals surface area contributed by atoms with Gasteiger partial charge in [-0.15, -0.1) is 0 Å². The number of alkyl halides is 3. The summed E-state index contributed by atoms with van der Waals surface area (Å²) >= 11 is 23.2. The first-order valence-electron chi connectivity index (χ1n) is 6.84. The zero-order valence-electron chi connectivity index (χ0n) is 12.5. The predicted octanol–water partition coefficient (Wildman–Crippen LogP) is 4.88. The summed E-state index contributed by atoms with van der Waals surface area (Å²) in [5.41, 5.74) is 0.711. The number of hydrogen-bond acceptors (Lipinski definition) is 3. The molecule has 2 aromatic carbocycles. The number of hydrogen-bond donors (Lipinski definition) is 2. The minimum absolute atomic E-state index is 0.245. The number of para-hydroxylation sites is 1. The number of imide groups is 1. The second kappa shape index (κ2) is 8.54. The minimum atomic E-state index is -1.99. The summed E-state index contributed by atoms with van der Waals surface area (Å²) in [6, 6.07) is 13.7. The number of amides is 3. The van der Waals surface area contributed by atoms with Gasteiger partial charge < -0.3 is 0 Å². The molecular weight excluding hydrogens is 408 g/mol. The van der Waals surface area contributed by atoms with Crippen LogP contribution in [0.3, 0.4) is 0 Å². The fourth-order valence-corrected chi connectivity index (χ4v) is 2.10. The van der Waals surface area contributed by atoms with Crippen LogP contribution in [0.1, 0.15) is 10.4 Å². The summed E-state index contributed by atoms with van der Waals surface area (Å²) in [5, 5.41) is 4.86. The van der Waals surface area contributed by atoms with Gasteiger partial charge in [0.05, 0.1) is 5.69 Å². The molecule has 130 valence electrons. The highest BCUT2D eigenvalue weighted by Crippen LogP contribution is 2.28. The monoisotopic (exact) mass is 417 g/mol. The third-order valence-corrected chi connectivity index (χ3v) is 3.62. The van der Waals surface area contributed by atoms with E-state index in [2.05, 4.69) is 15.6 Å². The van der Waals surface area contributed by atoms with Crippen LogP contribution >= 0.6 is 46.4 Å². The lowest BCUT2D eigenvalue weighted by atomic mass is 10.2. The van der Waals surface area contributed by atoms with E-state index < -0.39 is 15.7 Å². The van der Waals surface area contributed by atoms with Crippen molar-refractivity contribution in [3.8, 4) is 0 Å². The fourth-order valence-electron chi connectivity index (χ4n) is 1.71. The third kappa shape index (κ3) is 6.21. The number of benzene rings is 2. The van der Waals surface area contributed by atoms with Crippen LogP contribution in [0.4, 0.5) is 10.5 Å². The van der Waals surface area contributed by atoms with Gasteiger partial charge in [0.25, 0.3) is 5.91 Å². The van der Waals surface area contributed by atoms with Crippen LogP contribution in [-0.2, 0) is 0 Å². The van der Waals surface area contributed by atoms with Gasteiger partial charge in [-0.25, -0.2) is 9.79 Å². The van der Waals surface area contributed by atoms with E-state index in [1.165, 1.54) is 24.3 Å². The molecule has 0 aromatic heterocycles. The van der Waals surface area contributed by atoms with Gasteiger partial charge in [-0.2, -0.15) is 0 Å². The molecule has 0 aliphatic heterocycles. The van der Waals surface area contributed by atoms with Crippen molar-refractivity contribution in [1.82, 2.24) is 10.6 Å². The Labute approximate surface area is 163 Å². The summed E-state index contributed by atoms with van der Waals surface area (Å²) < 4.78 is -1.99. The number of amidine groups is 1. The highest BCUT2D eigenvalue weighted by atomic mass is 35.6. The lowest BCUT2D eigenvalue weighted by Gasteiger charge is -2.16. The van der Waals surface area contributed by atoms with Gasteiger partial charge in [0.15, 0.2) is 5.84 Å². The Bertz CT molecular complexity index is 787. The third-order valence-electron chi connectivity index (χ3n) is 2.83. The van der Waals surface area contributed by atoms with Gasteiger partial charge >= 0.3 is 6.03 Å². The Hall–Kier alpha value is -1.79. The largest absolute Gasteiger partial charge is 0.327 e. The second-order valence-electron chi connectivity index (χ2n) is 4.71. The van der Waals surface area contributed by atoms with Crippen molar-refractivity contribution in [3.05, 3.63) is 65.2 Å². The number of carbonyl (C=O) groups excluding carboxylic acids is 2. The lowest BCUT2D eigenvalue weighted by Crippen LogP contribution is -2.46. The molecule has 0 aliphatic rings. The molecule has 0 heterocycles. The average molecular weight is 419 g/mol. The zero-order valence-corrected chi connectivity index (χ0v) is 15.5. The van der Waals surface area contributed by atoms with E-state index >= 15 is 0 Å². The van der Waals surface area contributed by atoms with E-state index in [9.17, 15) is 9.59 Å². The standard InChI is InChI=1S/C16H11Cl4N3O2/c17-11-8-6-10(7-9-11)13(24)22-15(25)23-14(16(18,19)20)21-12-4-2-1-3-5-12/h1-9H,(H2,21,22,23,24,25). The van der Waals surface area contributed by atoms with Crippen LogP contribution < -0.4 is 10.6 Å². The second-order valence-corrected chi connectivity index (χ2v) is 7.43. The van der Waals surface area contributed by atoms with E-state index in [0.29, 0.717) is 10.7 Å². The first kappa shape index (κ1) is 19.5. The smallest absolute Gasteiger partial charge is 0.292 e. The predicted molar refractivity (Wildman–Crippen MR) is 101 cm³/mol. The molecule has 0 atom stereocenters. The molecule has 0 radical (unpaired) electrons. The highest BCUT2D eigenvalue weighted by molar-refractivity contribution is 6.77. The highest BCUT2D eigenvalue weighted by Gasteiger charge is 2.30. The molecule has 0 spiro atoms. The number of aliphatic imine (C=N–C) groups is 1. The van der Waals surface area contributed by atoms with Gasteiger partial charge in [0, 0.05) is 10.6 Å². The first-order chi connectivity index (χ1) is 11.8. The zero-order chi connectivity index (χ0) is 18.4. The molecule has 9 heteroatoms. The van der Waals surface area contributed by atoms with E-state index in [1.54, 1.807) is 30.3 Å². The summed E-state index contributed by atoms with van der Waals surface area (Å²) in [5.74, 6) is -0.886. The molecule has 0 fully saturated rings. The molecule has 5 nitrogen and oxygen atoms in total. The Morgan fingerprint density at radius 2 is 1.48 bits per heavy atom. The van der Waals surface area contributed by atoms with Crippen molar-refractivity contribution in [2.24, 2.45) is 4.99 Å². The fraction of sp³-hybridized carbons (Fsp3) is 0.0625. The number of rotatable bonds is 2. The van der Waals surface area contributed by atoms with Gasteiger partial charge in [0.1, 0.15) is 0 Å². The maximum absolute atomic E-state index is 12.0. The van der Waals surface area contributed by atoms with Gasteiger partial charge in [-0.3, -0.25) is 15.4 Å². The normalized spacial score (nSPS) is 11.8. The van der Waals surface area contributed by atoms with Crippen LogP contribution in [-0.4, -0.2) is 21.6 Å². The molecule has 0 aliphatic carbocycles. The van der Waals surface area contributed by atoms with E-state index in [1.807, 2.05) is 0 Å². The van der Waals surface area contributed by atoms with E-state index in [0.717, 1.165) is 0 Å². The maximum atomic E-state index is 12.0. The molecule has 0 saturated heterocycles. The van der Waals surface area contributed by atoms with Crippen LogP contribution in [0.2, 0.25) is 5.02 Å². The van der Waals surface area contributed by atoms with Crippen LogP contribution in [0, 0.1) is 0 Å².